The predicted octanol–water partition coefficient (Wildman–Crippen LogP) is 2.66. The van der Waals surface area contributed by atoms with Gasteiger partial charge in [-0.25, -0.2) is 0 Å². The maximum absolute atomic E-state index is 10.4. The highest BCUT2D eigenvalue weighted by Crippen LogP contribution is 2.38. The number of likely N-dealkylation sites (N-methyl/N-ethyl adjacent to an activating group) is 1. The Bertz CT molecular complexity index is 183. The van der Waals surface area contributed by atoms with Gasteiger partial charge in [-0.2, -0.15) is 0 Å². The maximum Gasteiger partial charge on any atom is 0.0723 e. The molecule has 1 rings (SSSR count). The van der Waals surface area contributed by atoms with Crippen LogP contribution in [-0.4, -0.2) is 35.7 Å². The van der Waals surface area contributed by atoms with Gasteiger partial charge in [-0.15, -0.1) is 0 Å². The summed E-state index contributed by atoms with van der Waals surface area (Å²) in [6.07, 6.45) is 6.83. The molecule has 15 heavy (non-hydrogen) atoms. The molecule has 1 N–H and O–H groups in total. The van der Waals surface area contributed by atoms with Crippen LogP contribution in [-0.2, 0) is 0 Å². The Kier molecular flexibility index (Phi) is 4.60. The summed E-state index contributed by atoms with van der Waals surface area (Å²) in [6.45, 7) is 4.45. The highest BCUT2D eigenvalue weighted by atomic mass is 16.3. The van der Waals surface area contributed by atoms with Crippen molar-refractivity contribution in [3.63, 3.8) is 0 Å². The molecule has 0 radical (unpaired) electrons. The van der Waals surface area contributed by atoms with Crippen LogP contribution in [0.5, 0.6) is 0 Å². The molecule has 0 aromatic carbocycles. The van der Waals surface area contributed by atoms with E-state index >= 15 is 0 Å². The molecule has 1 aliphatic carbocycles. The third-order valence-electron chi connectivity index (χ3n) is 4.00. The van der Waals surface area contributed by atoms with Crippen LogP contribution in [0, 0.1) is 5.92 Å². The number of rotatable bonds is 5. The van der Waals surface area contributed by atoms with Crippen LogP contribution in [0.4, 0.5) is 0 Å². The number of nitrogens with zero attached hydrogens (tertiary/aromatic N) is 1. The molecule has 0 bridgehead atoms. The molecule has 2 heteroatoms. The van der Waals surface area contributed by atoms with Crippen molar-refractivity contribution in [2.75, 3.05) is 14.1 Å². The Balaban J connectivity index is 2.56. The van der Waals surface area contributed by atoms with Crippen LogP contribution in [0.3, 0.4) is 0 Å². The van der Waals surface area contributed by atoms with Gasteiger partial charge in [-0.05, 0) is 45.7 Å². The molecule has 1 aliphatic rings. The Hall–Kier alpha value is -0.0800. The van der Waals surface area contributed by atoms with E-state index in [2.05, 4.69) is 32.8 Å². The van der Waals surface area contributed by atoms with Gasteiger partial charge in [0.25, 0.3) is 0 Å². The lowest BCUT2D eigenvalue weighted by atomic mass is 9.85. The Morgan fingerprint density at radius 1 is 1.13 bits per heavy atom. The van der Waals surface area contributed by atoms with Crippen LogP contribution >= 0.6 is 0 Å². The monoisotopic (exact) mass is 213 g/mol. The molecule has 90 valence electrons. The fourth-order valence-electron chi connectivity index (χ4n) is 2.83. The van der Waals surface area contributed by atoms with E-state index in [0.29, 0.717) is 5.92 Å². The average Bonchev–Trinajstić information content (AvgIpc) is 2.63. The fraction of sp³-hybridized carbons (Fsp3) is 1.00. The summed E-state index contributed by atoms with van der Waals surface area (Å²) in [5.74, 6) is 0.695. The van der Waals surface area contributed by atoms with Crippen molar-refractivity contribution in [1.82, 2.24) is 4.90 Å². The van der Waals surface area contributed by atoms with Gasteiger partial charge in [0.15, 0.2) is 0 Å². The van der Waals surface area contributed by atoms with E-state index in [-0.39, 0.29) is 11.6 Å². The van der Waals surface area contributed by atoms with Gasteiger partial charge in [0.05, 0.1) is 6.10 Å². The van der Waals surface area contributed by atoms with E-state index < -0.39 is 0 Å². The van der Waals surface area contributed by atoms with E-state index in [0.717, 1.165) is 12.8 Å². The molecular weight excluding hydrogens is 186 g/mol. The summed E-state index contributed by atoms with van der Waals surface area (Å²) in [5.41, 5.74) is 0.0783. The minimum atomic E-state index is -0.141. The largest absolute Gasteiger partial charge is 0.391 e. The van der Waals surface area contributed by atoms with Gasteiger partial charge >= 0.3 is 0 Å². The molecule has 0 amide bonds. The summed E-state index contributed by atoms with van der Waals surface area (Å²) >= 11 is 0. The van der Waals surface area contributed by atoms with Crippen LogP contribution < -0.4 is 0 Å². The van der Waals surface area contributed by atoms with Gasteiger partial charge in [-0.1, -0.05) is 26.7 Å². The zero-order chi connectivity index (χ0) is 11.5. The molecule has 0 aliphatic heterocycles. The first-order valence-corrected chi connectivity index (χ1v) is 6.34. The third kappa shape index (κ3) is 2.94. The highest BCUT2D eigenvalue weighted by molar-refractivity contribution is 4.98. The summed E-state index contributed by atoms with van der Waals surface area (Å²) < 4.78 is 0. The number of aliphatic hydroxyl groups excluding tert-OH is 1. The van der Waals surface area contributed by atoms with Crippen LogP contribution in [0.2, 0.25) is 0 Å². The molecule has 0 spiro atoms. The van der Waals surface area contributed by atoms with Crippen molar-refractivity contribution < 1.29 is 5.11 Å². The second-order valence-corrected chi connectivity index (χ2v) is 5.69. The van der Waals surface area contributed by atoms with E-state index in [9.17, 15) is 5.11 Å². The maximum atomic E-state index is 10.4. The first kappa shape index (κ1) is 13.0. The fourth-order valence-corrected chi connectivity index (χ4v) is 2.83. The molecular formula is C13H27NO. The number of hydrogen-bond acceptors (Lipinski definition) is 2. The molecule has 1 unspecified atom stereocenters. The molecule has 2 nitrogen and oxygen atoms in total. The van der Waals surface area contributed by atoms with Gasteiger partial charge in [-0.3, -0.25) is 0 Å². The lowest BCUT2D eigenvalue weighted by Gasteiger charge is -2.41. The van der Waals surface area contributed by atoms with Crippen molar-refractivity contribution >= 4 is 0 Å². The summed E-state index contributed by atoms with van der Waals surface area (Å²) in [4.78, 5) is 2.25. The van der Waals surface area contributed by atoms with Crippen molar-refractivity contribution in [3.8, 4) is 0 Å². The van der Waals surface area contributed by atoms with E-state index in [4.69, 9.17) is 0 Å². The van der Waals surface area contributed by atoms with E-state index in [1.807, 2.05) is 0 Å². The highest BCUT2D eigenvalue weighted by Gasteiger charge is 2.41. The lowest BCUT2D eigenvalue weighted by Crippen LogP contribution is -2.51. The molecule has 0 aromatic rings. The minimum Gasteiger partial charge on any atom is -0.391 e. The molecule has 1 fully saturated rings. The van der Waals surface area contributed by atoms with Crippen molar-refractivity contribution in [2.24, 2.45) is 5.92 Å². The molecule has 1 atom stereocenters. The first-order valence-electron chi connectivity index (χ1n) is 6.34. The van der Waals surface area contributed by atoms with Crippen LogP contribution in [0.15, 0.2) is 0 Å². The summed E-state index contributed by atoms with van der Waals surface area (Å²) in [5, 5.41) is 10.4. The van der Waals surface area contributed by atoms with Crippen molar-refractivity contribution in [2.45, 2.75) is 64.0 Å². The van der Waals surface area contributed by atoms with Crippen molar-refractivity contribution in [1.29, 1.82) is 0 Å². The predicted molar refractivity (Wildman–Crippen MR) is 65.0 cm³/mol. The minimum absolute atomic E-state index is 0.0783. The van der Waals surface area contributed by atoms with Gasteiger partial charge in [0.2, 0.25) is 0 Å². The van der Waals surface area contributed by atoms with Gasteiger partial charge < -0.3 is 10.0 Å². The molecule has 0 saturated heterocycles. The lowest BCUT2D eigenvalue weighted by molar-refractivity contribution is -0.0105. The van der Waals surface area contributed by atoms with Crippen LogP contribution in [0.1, 0.15) is 52.4 Å². The average molecular weight is 213 g/mol. The zero-order valence-electron chi connectivity index (χ0n) is 10.8. The van der Waals surface area contributed by atoms with Crippen molar-refractivity contribution in [3.05, 3.63) is 0 Å². The summed E-state index contributed by atoms with van der Waals surface area (Å²) in [7, 11) is 4.23. The standard InChI is InChI=1S/C13H27NO/c1-11(2)7-8-12(15)13(14(3)4)9-5-6-10-13/h11-12,15H,5-10H2,1-4H3. The Labute approximate surface area is 94.7 Å². The molecule has 1 saturated carbocycles. The topological polar surface area (TPSA) is 23.5 Å². The second-order valence-electron chi connectivity index (χ2n) is 5.69. The SMILES string of the molecule is CC(C)CCC(O)C1(N(C)C)CCCC1. The van der Waals surface area contributed by atoms with Gasteiger partial charge in [0.1, 0.15) is 0 Å². The Morgan fingerprint density at radius 3 is 2.07 bits per heavy atom. The second kappa shape index (κ2) is 5.31. The third-order valence-corrected chi connectivity index (χ3v) is 4.00. The normalized spacial score (nSPS) is 22.6. The zero-order valence-corrected chi connectivity index (χ0v) is 10.8. The number of hydrogen-bond donors (Lipinski definition) is 1. The quantitative estimate of drug-likeness (QED) is 0.759. The first-order chi connectivity index (χ1) is 6.99. The van der Waals surface area contributed by atoms with Gasteiger partial charge in [0, 0.05) is 5.54 Å². The molecule has 0 aromatic heterocycles. The van der Waals surface area contributed by atoms with E-state index in [1.165, 1.54) is 25.7 Å². The summed E-state index contributed by atoms with van der Waals surface area (Å²) in [6, 6.07) is 0. The smallest absolute Gasteiger partial charge is 0.0723 e. The number of aliphatic hydroxyl groups is 1. The van der Waals surface area contributed by atoms with E-state index in [1.54, 1.807) is 0 Å². The van der Waals surface area contributed by atoms with Crippen LogP contribution in [0.25, 0.3) is 0 Å². The molecule has 0 heterocycles. The Morgan fingerprint density at radius 2 is 1.67 bits per heavy atom.